The molecule has 0 saturated heterocycles. The molecule has 0 spiro atoms. The van der Waals surface area contributed by atoms with Gasteiger partial charge < -0.3 is 30.3 Å². The lowest BCUT2D eigenvalue weighted by Crippen LogP contribution is -2.14. The van der Waals surface area contributed by atoms with Gasteiger partial charge in [-0.2, -0.15) is 0 Å². The van der Waals surface area contributed by atoms with Crippen LogP contribution >= 0.6 is 0 Å². The number of aromatic hydroxyl groups is 2. The highest BCUT2D eigenvalue weighted by Gasteiger charge is 2.14. The molecule has 10 nitrogen and oxygen atoms in total. The average molecular weight is 623 g/mol. The van der Waals surface area contributed by atoms with E-state index in [1.54, 1.807) is 70.4 Å². The maximum atomic E-state index is 12.4. The third kappa shape index (κ3) is 8.38. The number of hydrogen-bond donors (Lipinski definition) is 6. The molecular weight excluding hydrogens is 584 g/mol. The predicted octanol–water partition coefficient (Wildman–Crippen LogP) is 6.76. The van der Waals surface area contributed by atoms with Crippen molar-refractivity contribution in [1.29, 1.82) is 0 Å². The van der Waals surface area contributed by atoms with Crippen LogP contribution in [0, 0.1) is 0 Å². The minimum atomic E-state index is -0.580. The number of benzene rings is 4. The lowest BCUT2D eigenvalue weighted by Gasteiger charge is -2.17. The Balaban J connectivity index is 1.49. The minimum Gasteiger partial charge on any atom is -0.506 e. The predicted molar refractivity (Wildman–Crippen MR) is 182 cm³/mol. The number of esters is 2. The molecular formula is C36H38N4O6. The number of carbonyl (C=O) groups excluding carboxylic acids is 2. The van der Waals surface area contributed by atoms with Crippen molar-refractivity contribution in [3.63, 3.8) is 0 Å². The lowest BCUT2D eigenvalue weighted by atomic mass is 10.0. The van der Waals surface area contributed by atoms with E-state index in [2.05, 4.69) is 34.6 Å². The molecule has 0 aliphatic heterocycles. The molecule has 238 valence electrons. The van der Waals surface area contributed by atoms with E-state index in [0.717, 1.165) is 22.3 Å². The SMILES string of the molecule is C=C(C)C(=O)Oc1cc(Cc2ccc(NNc3ccc(Cc4ccc(NC)c(O)c4)cc3OC(=O)C(=C)C)c(O)c2)ccc1NC. The topological polar surface area (TPSA) is 141 Å². The summed E-state index contributed by atoms with van der Waals surface area (Å²) in [5.74, 6) is -0.308. The van der Waals surface area contributed by atoms with Gasteiger partial charge in [0.15, 0.2) is 11.5 Å². The van der Waals surface area contributed by atoms with Gasteiger partial charge >= 0.3 is 11.9 Å². The van der Waals surface area contributed by atoms with Crippen LogP contribution in [0.1, 0.15) is 36.1 Å². The Morgan fingerprint density at radius 3 is 1.39 bits per heavy atom. The van der Waals surface area contributed by atoms with E-state index in [0.29, 0.717) is 46.9 Å². The maximum Gasteiger partial charge on any atom is 0.338 e. The molecule has 6 N–H and O–H groups in total. The summed E-state index contributed by atoms with van der Waals surface area (Å²) in [5.41, 5.74) is 12.1. The molecule has 46 heavy (non-hydrogen) atoms. The third-order valence-electron chi connectivity index (χ3n) is 7.01. The number of phenolic OH excluding ortho intramolecular Hbond substituents is 2. The van der Waals surface area contributed by atoms with Crippen LogP contribution in [0.3, 0.4) is 0 Å². The molecule has 0 aromatic heterocycles. The zero-order valence-corrected chi connectivity index (χ0v) is 26.3. The first-order chi connectivity index (χ1) is 22.0. The Bertz CT molecular complexity index is 1800. The minimum absolute atomic E-state index is 0.00676. The first-order valence-electron chi connectivity index (χ1n) is 14.5. The Morgan fingerprint density at radius 1 is 0.587 bits per heavy atom. The average Bonchev–Trinajstić information content (AvgIpc) is 3.01. The molecule has 4 rings (SSSR count). The summed E-state index contributed by atoms with van der Waals surface area (Å²) in [6.45, 7) is 10.4. The van der Waals surface area contributed by atoms with Gasteiger partial charge in [0, 0.05) is 25.2 Å². The summed E-state index contributed by atoms with van der Waals surface area (Å²) >= 11 is 0. The molecule has 0 saturated carbocycles. The van der Waals surface area contributed by atoms with Crippen molar-refractivity contribution in [2.75, 3.05) is 35.6 Å². The second kappa shape index (κ2) is 14.7. The van der Waals surface area contributed by atoms with Gasteiger partial charge in [0.2, 0.25) is 0 Å². The van der Waals surface area contributed by atoms with Crippen LogP contribution < -0.4 is 31.0 Å². The van der Waals surface area contributed by atoms with Gasteiger partial charge in [0.1, 0.15) is 11.5 Å². The van der Waals surface area contributed by atoms with Gasteiger partial charge in [0.25, 0.3) is 0 Å². The summed E-state index contributed by atoms with van der Waals surface area (Å²) in [6.07, 6.45) is 0.960. The number of carbonyl (C=O) groups is 2. The fraction of sp³-hybridized carbons (Fsp3) is 0.167. The molecule has 4 aromatic carbocycles. The Kier molecular flexibility index (Phi) is 10.6. The second-order valence-corrected chi connectivity index (χ2v) is 10.8. The van der Waals surface area contributed by atoms with E-state index >= 15 is 0 Å². The third-order valence-corrected chi connectivity index (χ3v) is 7.01. The van der Waals surface area contributed by atoms with Gasteiger partial charge in [-0.05, 0) is 97.5 Å². The highest BCUT2D eigenvalue weighted by Crippen LogP contribution is 2.32. The summed E-state index contributed by atoms with van der Waals surface area (Å²) in [5, 5.41) is 27.0. The van der Waals surface area contributed by atoms with Crippen LogP contribution in [0.4, 0.5) is 22.7 Å². The molecule has 0 aliphatic carbocycles. The standard InChI is InChI=1S/C36H38N4O6/c1-21(2)35(43)45-33-19-25(9-13-29(33)38-6)16-24-8-12-28(32(42)18-24)39-40-30-14-10-26(20-34(30)46-36(44)22(3)4)15-23-7-11-27(37-5)31(41)17-23/h7-14,17-20,37-42H,1,3,15-16H2,2,4-6H3. The molecule has 0 bridgehead atoms. The zero-order chi connectivity index (χ0) is 33.4. The first-order valence-corrected chi connectivity index (χ1v) is 14.5. The van der Waals surface area contributed by atoms with Gasteiger partial charge in [-0.25, -0.2) is 9.59 Å². The number of rotatable bonds is 13. The van der Waals surface area contributed by atoms with E-state index in [1.165, 1.54) is 0 Å². The van der Waals surface area contributed by atoms with Crippen LogP contribution in [0.25, 0.3) is 0 Å². The summed E-state index contributed by atoms with van der Waals surface area (Å²) in [4.78, 5) is 24.5. The van der Waals surface area contributed by atoms with Gasteiger partial charge in [-0.3, -0.25) is 10.9 Å². The Morgan fingerprint density at radius 2 is 0.957 bits per heavy atom. The number of hydrogen-bond acceptors (Lipinski definition) is 10. The number of anilines is 4. The quantitative estimate of drug-likeness (QED) is 0.0311. The highest BCUT2D eigenvalue weighted by molar-refractivity contribution is 5.90. The molecule has 4 aromatic rings. The number of ether oxygens (including phenoxy) is 2. The van der Waals surface area contributed by atoms with Crippen molar-refractivity contribution in [3.05, 3.63) is 119 Å². The Labute approximate surface area is 268 Å². The van der Waals surface area contributed by atoms with E-state index in [1.807, 2.05) is 30.3 Å². The number of hydrazine groups is 1. The smallest absolute Gasteiger partial charge is 0.338 e. The summed E-state index contributed by atoms with van der Waals surface area (Å²) in [6, 6.07) is 21.5. The van der Waals surface area contributed by atoms with Crippen molar-refractivity contribution in [2.24, 2.45) is 0 Å². The molecule has 0 atom stereocenters. The Hall–Kier alpha value is -5.90. The monoisotopic (exact) mass is 622 g/mol. The van der Waals surface area contributed by atoms with E-state index in [9.17, 15) is 19.8 Å². The fourth-order valence-electron chi connectivity index (χ4n) is 4.50. The second-order valence-electron chi connectivity index (χ2n) is 10.8. The molecule has 0 unspecified atom stereocenters. The fourth-order valence-corrected chi connectivity index (χ4v) is 4.50. The number of phenols is 2. The number of nitrogens with one attached hydrogen (secondary N) is 4. The molecule has 10 heteroatoms. The molecule has 0 radical (unpaired) electrons. The van der Waals surface area contributed by atoms with Crippen molar-refractivity contribution < 1.29 is 29.3 Å². The van der Waals surface area contributed by atoms with Crippen molar-refractivity contribution in [3.8, 4) is 23.0 Å². The van der Waals surface area contributed by atoms with E-state index in [4.69, 9.17) is 9.47 Å². The largest absolute Gasteiger partial charge is 0.506 e. The lowest BCUT2D eigenvalue weighted by molar-refractivity contribution is -0.130. The van der Waals surface area contributed by atoms with Crippen LogP contribution in [0.2, 0.25) is 0 Å². The van der Waals surface area contributed by atoms with Gasteiger partial charge in [-0.1, -0.05) is 37.4 Å². The van der Waals surface area contributed by atoms with Gasteiger partial charge in [0.05, 0.1) is 22.7 Å². The van der Waals surface area contributed by atoms with Crippen molar-refractivity contribution in [1.82, 2.24) is 0 Å². The molecule has 0 amide bonds. The maximum absolute atomic E-state index is 12.4. The van der Waals surface area contributed by atoms with E-state index in [-0.39, 0.29) is 22.8 Å². The van der Waals surface area contributed by atoms with E-state index < -0.39 is 11.9 Å². The van der Waals surface area contributed by atoms with Crippen molar-refractivity contribution >= 4 is 34.7 Å². The first kappa shape index (κ1) is 33.0. The van der Waals surface area contributed by atoms with Crippen LogP contribution in [0.15, 0.2) is 97.1 Å². The zero-order valence-electron chi connectivity index (χ0n) is 26.3. The van der Waals surface area contributed by atoms with Crippen LogP contribution in [-0.2, 0) is 22.4 Å². The highest BCUT2D eigenvalue weighted by atomic mass is 16.5. The molecule has 0 heterocycles. The van der Waals surface area contributed by atoms with Crippen LogP contribution in [-0.4, -0.2) is 36.2 Å². The molecule has 0 aliphatic rings. The molecule has 0 fully saturated rings. The normalized spacial score (nSPS) is 10.4. The summed E-state index contributed by atoms with van der Waals surface area (Å²) < 4.78 is 11.1. The van der Waals surface area contributed by atoms with Crippen LogP contribution in [0.5, 0.6) is 23.0 Å². The van der Waals surface area contributed by atoms with Gasteiger partial charge in [-0.15, -0.1) is 0 Å². The summed E-state index contributed by atoms with van der Waals surface area (Å²) in [7, 11) is 3.47. The van der Waals surface area contributed by atoms with Crippen molar-refractivity contribution in [2.45, 2.75) is 26.7 Å².